The molecular weight excluding hydrogens is 282 g/mol. The van der Waals surface area contributed by atoms with Crippen LogP contribution in [0.2, 0.25) is 0 Å². The molecule has 2 aromatic rings. The molecule has 0 bridgehead atoms. The molecular formula is C16H21N3O3. The van der Waals surface area contributed by atoms with E-state index < -0.39 is 4.92 Å². The van der Waals surface area contributed by atoms with Crippen molar-refractivity contribution in [2.24, 2.45) is 0 Å². The van der Waals surface area contributed by atoms with E-state index in [4.69, 9.17) is 4.74 Å². The molecule has 118 valence electrons. The number of nitro groups is 1. The van der Waals surface area contributed by atoms with E-state index in [0.717, 1.165) is 24.8 Å². The van der Waals surface area contributed by atoms with Crippen LogP contribution in [-0.4, -0.2) is 20.8 Å². The molecule has 0 spiro atoms. The lowest BCUT2D eigenvalue weighted by molar-refractivity contribution is -0.385. The van der Waals surface area contributed by atoms with Crippen molar-refractivity contribution < 1.29 is 9.66 Å². The SMILES string of the molecule is CCCC(CCn1cc([N+](=O)[O-])cn1)OCc1ccccc1. The Labute approximate surface area is 129 Å². The summed E-state index contributed by atoms with van der Waals surface area (Å²) in [6.45, 7) is 3.33. The first-order chi connectivity index (χ1) is 10.7. The minimum absolute atomic E-state index is 0.0252. The molecule has 0 amide bonds. The molecule has 0 aliphatic rings. The van der Waals surface area contributed by atoms with Crippen LogP contribution in [0.5, 0.6) is 0 Å². The van der Waals surface area contributed by atoms with Gasteiger partial charge in [0.05, 0.1) is 17.6 Å². The summed E-state index contributed by atoms with van der Waals surface area (Å²) in [5, 5.41) is 14.6. The summed E-state index contributed by atoms with van der Waals surface area (Å²) >= 11 is 0. The molecule has 1 heterocycles. The van der Waals surface area contributed by atoms with E-state index in [2.05, 4.69) is 12.0 Å². The third kappa shape index (κ3) is 4.96. The quantitative estimate of drug-likeness (QED) is 0.524. The van der Waals surface area contributed by atoms with Crippen molar-refractivity contribution in [3.63, 3.8) is 0 Å². The lowest BCUT2D eigenvalue weighted by Crippen LogP contribution is -2.16. The fourth-order valence-electron chi connectivity index (χ4n) is 2.27. The number of aryl methyl sites for hydroxylation is 1. The van der Waals surface area contributed by atoms with E-state index in [9.17, 15) is 10.1 Å². The van der Waals surface area contributed by atoms with Crippen molar-refractivity contribution in [2.75, 3.05) is 0 Å². The van der Waals surface area contributed by atoms with Crippen molar-refractivity contribution in [3.05, 3.63) is 58.4 Å². The first kappa shape index (κ1) is 16.2. The highest BCUT2D eigenvalue weighted by molar-refractivity contribution is 5.20. The molecule has 0 saturated carbocycles. The van der Waals surface area contributed by atoms with Crippen LogP contribution < -0.4 is 0 Å². The van der Waals surface area contributed by atoms with Crippen LogP contribution in [0.15, 0.2) is 42.7 Å². The molecule has 0 aliphatic heterocycles. The van der Waals surface area contributed by atoms with Gasteiger partial charge in [-0.1, -0.05) is 43.7 Å². The van der Waals surface area contributed by atoms with Gasteiger partial charge in [-0.25, -0.2) is 0 Å². The van der Waals surface area contributed by atoms with E-state index in [1.165, 1.54) is 12.4 Å². The summed E-state index contributed by atoms with van der Waals surface area (Å²) in [6.07, 6.45) is 5.67. The van der Waals surface area contributed by atoms with Crippen LogP contribution in [0, 0.1) is 10.1 Å². The Kier molecular flexibility index (Phi) is 6.09. The molecule has 6 nitrogen and oxygen atoms in total. The second-order valence-electron chi connectivity index (χ2n) is 5.21. The van der Waals surface area contributed by atoms with Crippen LogP contribution >= 0.6 is 0 Å². The molecule has 1 unspecified atom stereocenters. The maximum Gasteiger partial charge on any atom is 0.306 e. The monoisotopic (exact) mass is 303 g/mol. The van der Waals surface area contributed by atoms with E-state index in [1.54, 1.807) is 4.68 Å². The van der Waals surface area contributed by atoms with E-state index in [1.807, 2.05) is 30.3 Å². The topological polar surface area (TPSA) is 70.2 Å². The Balaban J connectivity index is 1.84. The highest BCUT2D eigenvalue weighted by Crippen LogP contribution is 2.14. The maximum absolute atomic E-state index is 10.6. The number of aromatic nitrogens is 2. The Morgan fingerprint density at radius 1 is 1.32 bits per heavy atom. The van der Waals surface area contributed by atoms with Crippen molar-refractivity contribution in [1.82, 2.24) is 9.78 Å². The Morgan fingerprint density at radius 2 is 2.09 bits per heavy atom. The summed E-state index contributed by atoms with van der Waals surface area (Å²) in [7, 11) is 0. The van der Waals surface area contributed by atoms with Gasteiger partial charge in [0.25, 0.3) is 0 Å². The highest BCUT2D eigenvalue weighted by atomic mass is 16.6. The normalized spacial score (nSPS) is 12.2. The summed E-state index contributed by atoms with van der Waals surface area (Å²) < 4.78 is 7.57. The number of hydrogen-bond donors (Lipinski definition) is 0. The second kappa shape index (κ2) is 8.29. The van der Waals surface area contributed by atoms with E-state index in [-0.39, 0.29) is 11.8 Å². The second-order valence-corrected chi connectivity index (χ2v) is 5.21. The van der Waals surface area contributed by atoms with E-state index >= 15 is 0 Å². The average molecular weight is 303 g/mol. The first-order valence-electron chi connectivity index (χ1n) is 7.51. The average Bonchev–Trinajstić information content (AvgIpc) is 3.00. The van der Waals surface area contributed by atoms with Gasteiger partial charge in [0.2, 0.25) is 0 Å². The summed E-state index contributed by atoms with van der Waals surface area (Å²) in [5.74, 6) is 0. The summed E-state index contributed by atoms with van der Waals surface area (Å²) in [5.41, 5.74) is 1.18. The molecule has 2 rings (SSSR count). The highest BCUT2D eigenvalue weighted by Gasteiger charge is 2.12. The van der Waals surface area contributed by atoms with Gasteiger partial charge in [0.15, 0.2) is 0 Å². The Hall–Kier alpha value is -2.21. The molecule has 0 fully saturated rings. The zero-order valence-electron chi connectivity index (χ0n) is 12.7. The molecule has 1 aromatic carbocycles. The Morgan fingerprint density at radius 3 is 2.73 bits per heavy atom. The molecule has 22 heavy (non-hydrogen) atoms. The Bertz CT molecular complexity index is 583. The standard InChI is InChI=1S/C16H21N3O3/c1-2-6-16(22-13-14-7-4-3-5-8-14)9-10-18-12-15(11-17-18)19(20)21/h3-5,7-8,11-12,16H,2,6,9-10,13H2,1H3. The van der Waals surface area contributed by atoms with Gasteiger partial charge >= 0.3 is 5.69 Å². The smallest absolute Gasteiger partial charge is 0.306 e. The molecule has 0 saturated heterocycles. The van der Waals surface area contributed by atoms with Crippen molar-refractivity contribution in [3.8, 4) is 0 Å². The number of benzene rings is 1. The van der Waals surface area contributed by atoms with Gasteiger partial charge in [-0.15, -0.1) is 0 Å². The lowest BCUT2D eigenvalue weighted by atomic mass is 10.1. The van der Waals surface area contributed by atoms with Crippen LogP contribution in [0.1, 0.15) is 31.7 Å². The van der Waals surface area contributed by atoms with Crippen molar-refractivity contribution >= 4 is 5.69 Å². The molecule has 6 heteroatoms. The number of rotatable bonds is 9. The van der Waals surface area contributed by atoms with Gasteiger partial charge in [0, 0.05) is 6.54 Å². The number of nitrogens with zero attached hydrogens (tertiary/aromatic N) is 3. The zero-order valence-corrected chi connectivity index (χ0v) is 12.7. The molecule has 1 atom stereocenters. The summed E-state index contributed by atoms with van der Waals surface area (Å²) in [6, 6.07) is 10.1. The van der Waals surface area contributed by atoms with Crippen LogP contribution in [-0.2, 0) is 17.9 Å². The third-order valence-electron chi connectivity index (χ3n) is 3.45. The van der Waals surface area contributed by atoms with Crippen LogP contribution in [0.4, 0.5) is 5.69 Å². The molecule has 0 N–H and O–H groups in total. The van der Waals surface area contributed by atoms with Gasteiger partial charge < -0.3 is 4.74 Å². The first-order valence-corrected chi connectivity index (χ1v) is 7.51. The van der Waals surface area contributed by atoms with Crippen molar-refractivity contribution in [2.45, 2.75) is 45.4 Å². The van der Waals surface area contributed by atoms with Crippen molar-refractivity contribution in [1.29, 1.82) is 0 Å². The largest absolute Gasteiger partial charge is 0.373 e. The molecule has 0 aliphatic carbocycles. The molecule has 0 radical (unpaired) electrons. The number of hydrogen-bond acceptors (Lipinski definition) is 4. The zero-order chi connectivity index (χ0) is 15.8. The van der Waals surface area contributed by atoms with Gasteiger partial charge in [-0.2, -0.15) is 5.10 Å². The predicted molar refractivity (Wildman–Crippen MR) is 83.4 cm³/mol. The fraction of sp³-hybridized carbons (Fsp3) is 0.438. The van der Waals surface area contributed by atoms with Gasteiger partial charge in [-0.05, 0) is 18.4 Å². The van der Waals surface area contributed by atoms with E-state index in [0.29, 0.717) is 13.2 Å². The van der Waals surface area contributed by atoms with Gasteiger partial charge in [-0.3, -0.25) is 14.8 Å². The summed E-state index contributed by atoms with van der Waals surface area (Å²) in [4.78, 5) is 10.2. The molecule has 1 aromatic heterocycles. The predicted octanol–water partition coefficient (Wildman–Crippen LogP) is 3.57. The fourth-order valence-corrected chi connectivity index (χ4v) is 2.27. The number of ether oxygens (including phenoxy) is 1. The maximum atomic E-state index is 10.6. The lowest BCUT2D eigenvalue weighted by Gasteiger charge is -2.17. The van der Waals surface area contributed by atoms with Crippen LogP contribution in [0.3, 0.4) is 0 Å². The minimum atomic E-state index is -0.432. The van der Waals surface area contributed by atoms with Crippen LogP contribution in [0.25, 0.3) is 0 Å². The minimum Gasteiger partial charge on any atom is -0.373 e. The van der Waals surface area contributed by atoms with Gasteiger partial charge in [0.1, 0.15) is 12.4 Å². The third-order valence-corrected chi connectivity index (χ3v) is 3.45.